The Bertz CT molecular complexity index is 870. The third-order valence-electron chi connectivity index (χ3n) is 4.92. The van der Waals surface area contributed by atoms with Crippen molar-refractivity contribution in [2.24, 2.45) is 11.8 Å². The molecule has 1 aromatic carbocycles. The van der Waals surface area contributed by atoms with Crippen LogP contribution in [0.3, 0.4) is 0 Å². The van der Waals surface area contributed by atoms with Crippen LogP contribution in [0, 0.1) is 23.2 Å². The van der Waals surface area contributed by atoms with Crippen molar-refractivity contribution in [3.8, 4) is 6.07 Å². The zero-order valence-electron chi connectivity index (χ0n) is 13.3. The predicted molar refractivity (Wildman–Crippen MR) is 84.0 cm³/mol. The zero-order valence-corrected chi connectivity index (χ0v) is 13.3. The number of rotatable bonds is 3. The number of hydrogen-bond donors (Lipinski definition) is 0. The Hall–Kier alpha value is -2.98. The smallest absolute Gasteiger partial charge is 0.302 e. The second-order valence-electron chi connectivity index (χ2n) is 6.32. The molecule has 0 saturated carbocycles. The fourth-order valence-corrected chi connectivity index (χ4v) is 3.88. The Morgan fingerprint density at radius 3 is 2.84 bits per heavy atom. The van der Waals surface area contributed by atoms with Crippen LogP contribution in [-0.2, 0) is 23.9 Å². The molecule has 7 heteroatoms. The van der Waals surface area contributed by atoms with Gasteiger partial charge in [0.05, 0.1) is 29.2 Å². The Kier molecular flexibility index (Phi) is 3.27. The number of anilines is 1. The van der Waals surface area contributed by atoms with Gasteiger partial charge in [0, 0.05) is 6.92 Å². The van der Waals surface area contributed by atoms with Crippen molar-refractivity contribution in [2.45, 2.75) is 18.6 Å². The molecule has 126 valence electrons. The summed E-state index contributed by atoms with van der Waals surface area (Å²) in [6, 6.07) is 8.48. The lowest BCUT2D eigenvalue weighted by Gasteiger charge is -2.28. The first kappa shape index (κ1) is 15.5. The first-order valence-corrected chi connectivity index (χ1v) is 7.86. The normalized spacial score (nSPS) is 32.0. The van der Waals surface area contributed by atoms with E-state index in [4.69, 9.17) is 9.47 Å². The van der Waals surface area contributed by atoms with Crippen molar-refractivity contribution in [1.29, 1.82) is 5.26 Å². The van der Waals surface area contributed by atoms with Crippen LogP contribution in [0.5, 0.6) is 0 Å². The molecule has 3 aliphatic rings. The maximum absolute atomic E-state index is 13.0. The Morgan fingerprint density at radius 1 is 1.36 bits per heavy atom. The minimum absolute atomic E-state index is 0.122. The van der Waals surface area contributed by atoms with Crippen LogP contribution in [0.25, 0.3) is 0 Å². The van der Waals surface area contributed by atoms with Gasteiger partial charge in [-0.25, -0.2) is 4.90 Å². The van der Waals surface area contributed by atoms with Crippen molar-refractivity contribution in [2.75, 3.05) is 11.5 Å². The molecule has 0 N–H and O–H groups in total. The molecule has 3 aliphatic heterocycles. The SMILES string of the molecule is CC(=O)OC[C@@]12C=C[C@@H](O1)[C@H]1C(=O)N(c3ccccc3C#N)C(=O)[C@H]12. The molecule has 4 atom stereocenters. The van der Waals surface area contributed by atoms with Crippen molar-refractivity contribution in [3.05, 3.63) is 42.0 Å². The van der Waals surface area contributed by atoms with E-state index in [1.807, 2.05) is 6.07 Å². The number of carbonyl (C=O) groups excluding carboxylic acids is 3. The lowest BCUT2D eigenvalue weighted by molar-refractivity contribution is -0.150. The highest BCUT2D eigenvalue weighted by Crippen LogP contribution is 2.52. The molecule has 4 rings (SSSR count). The molecule has 2 saturated heterocycles. The van der Waals surface area contributed by atoms with E-state index in [0.717, 1.165) is 4.90 Å². The van der Waals surface area contributed by atoms with Gasteiger partial charge in [-0.1, -0.05) is 18.2 Å². The van der Waals surface area contributed by atoms with Gasteiger partial charge in [-0.3, -0.25) is 14.4 Å². The minimum Gasteiger partial charge on any atom is -0.462 e. The summed E-state index contributed by atoms with van der Waals surface area (Å²) in [6.45, 7) is 1.15. The van der Waals surface area contributed by atoms with Gasteiger partial charge in [0.1, 0.15) is 18.3 Å². The standard InChI is InChI=1S/C18H14N2O5/c1-10(21)24-9-18-7-6-13(25-18)14-15(18)17(23)20(16(14)22)12-5-3-2-4-11(12)8-19/h2-7,13-15H,9H2,1H3/t13-,14-,15+,18-/m1/s1. The lowest BCUT2D eigenvalue weighted by Crippen LogP contribution is -2.44. The third-order valence-corrected chi connectivity index (χ3v) is 4.92. The zero-order chi connectivity index (χ0) is 17.8. The molecule has 0 unspecified atom stereocenters. The van der Waals surface area contributed by atoms with Crippen LogP contribution in [0.2, 0.25) is 0 Å². The number of hydrogen-bond acceptors (Lipinski definition) is 6. The first-order valence-electron chi connectivity index (χ1n) is 7.86. The average Bonchev–Trinajstić information content (AvgIpc) is 3.24. The van der Waals surface area contributed by atoms with Gasteiger partial charge < -0.3 is 9.47 Å². The highest BCUT2D eigenvalue weighted by Gasteiger charge is 2.68. The molecule has 3 heterocycles. The Balaban J connectivity index is 1.73. The van der Waals surface area contributed by atoms with Gasteiger partial charge in [-0.05, 0) is 18.2 Å². The van der Waals surface area contributed by atoms with E-state index in [1.165, 1.54) is 6.92 Å². The molecule has 7 nitrogen and oxygen atoms in total. The maximum Gasteiger partial charge on any atom is 0.302 e. The van der Waals surface area contributed by atoms with Crippen LogP contribution in [0.4, 0.5) is 5.69 Å². The topological polar surface area (TPSA) is 96.7 Å². The Morgan fingerprint density at radius 2 is 2.12 bits per heavy atom. The summed E-state index contributed by atoms with van der Waals surface area (Å²) < 4.78 is 10.9. The van der Waals surface area contributed by atoms with Crippen LogP contribution >= 0.6 is 0 Å². The van der Waals surface area contributed by atoms with Crippen LogP contribution in [0.1, 0.15) is 12.5 Å². The number of carbonyl (C=O) groups is 3. The summed E-state index contributed by atoms with van der Waals surface area (Å²) >= 11 is 0. The first-order chi connectivity index (χ1) is 12.0. The lowest BCUT2D eigenvalue weighted by atomic mass is 9.77. The number of amides is 2. The van der Waals surface area contributed by atoms with Crippen molar-refractivity contribution >= 4 is 23.5 Å². The van der Waals surface area contributed by atoms with E-state index in [1.54, 1.807) is 36.4 Å². The molecule has 0 radical (unpaired) electrons. The number of fused-ring (bicyclic) bond motifs is 5. The minimum atomic E-state index is -1.12. The van der Waals surface area contributed by atoms with E-state index in [2.05, 4.69) is 0 Å². The van der Waals surface area contributed by atoms with E-state index < -0.39 is 41.3 Å². The van der Waals surface area contributed by atoms with Gasteiger partial charge in [0.15, 0.2) is 0 Å². The average molecular weight is 338 g/mol. The third kappa shape index (κ3) is 2.04. The number of nitriles is 1. The van der Waals surface area contributed by atoms with Crippen molar-refractivity contribution in [1.82, 2.24) is 0 Å². The molecule has 2 amide bonds. The second-order valence-corrected chi connectivity index (χ2v) is 6.32. The largest absolute Gasteiger partial charge is 0.462 e. The molecule has 0 spiro atoms. The predicted octanol–water partition coefficient (Wildman–Crippen LogP) is 0.934. The van der Waals surface area contributed by atoms with Gasteiger partial charge in [-0.15, -0.1) is 0 Å². The molecular formula is C18H14N2O5. The number of imide groups is 1. The molecule has 2 fully saturated rings. The van der Waals surface area contributed by atoms with E-state index in [9.17, 15) is 19.6 Å². The monoisotopic (exact) mass is 338 g/mol. The highest BCUT2D eigenvalue weighted by molar-refractivity contribution is 6.23. The number of benzene rings is 1. The summed E-state index contributed by atoms with van der Waals surface area (Å²) in [5.74, 6) is -2.74. The van der Waals surface area contributed by atoms with Gasteiger partial charge in [0.2, 0.25) is 11.8 Å². The molecule has 0 aromatic heterocycles. The van der Waals surface area contributed by atoms with Crippen LogP contribution in [-0.4, -0.2) is 36.1 Å². The quantitative estimate of drug-likeness (QED) is 0.462. The van der Waals surface area contributed by atoms with Gasteiger partial charge >= 0.3 is 5.97 Å². The number of nitrogens with zero attached hydrogens (tertiary/aromatic N) is 2. The van der Waals surface area contributed by atoms with E-state index >= 15 is 0 Å². The summed E-state index contributed by atoms with van der Waals surface area (Å²) in [6.07, 6.45) is 2.90. The summed E-state index contributed by atoms with van der Waals surface area (Å²) in [5.41, 5.74) is -0.597. The highest BCUT2D eigenvalue weighted by atomic mass is 16.6. The Labute approximate surface area is 143 Å². The van der Waals surface area contributed by atoms with Crippen molar-refractivity contribution in [3.63, 3.8) is 0 Å². The second kappa shape index (κ2) is 5.26. The fraction of sp³-hybridized carbons (Fsp3) is 0.333. The summed E-state index contributed by atoms with van der Waals surface area (Å²) in [5, 5.41) is 9.27. The van der Waals surface area contributed by atoms with Crippen molar-refractivity contribution < 1.29 is 23.9 Å². The molecular weight excluding hydrogens is 324 g/mol. The molecule has 25 heavy (non-hydrogen) atoms. The summed E-state index contributed by atoms with van der Waals surface area (Å²) in [7, 11) is 0. The van der Waals surface area contributed by atoms with Crippen LogP contribution < -0.4 is 4.90 Å². The number of ether oxygens (including phenoxy) is 2. The number of para-hydroxylation sites is 1. The summed E-state index contributed by atoms with van der Waals surface area (Å²) in [4.78, 5) is 38.2. The van der Waals surface area contributed by atoms with E-state index in [0.29, 0.717) is 0 Å². The molecule has 1 aromatic rings. The van der Waals surface area contributed by atoms with Gasteiger partial charge in [0.25, 0.3) is 0 Å². The molecule has 2 bridgehead atoms. The van der Waals surface area contributed by atoms with E-state index in [-0.39, 0.29) is 17.9 Å². The number of esters is 1. The molecule has 0 aliphatic carbocycles. The van der Waals surface area contributed by atoms with Gasteiger partial charge in [-0.2, -0.15) is 5.26 Å². The maximum atomic E-state index is 13.0. The van der Waals surface area contributed by atoms with Crippen LogP contribution in [0.15, 0.2) is 36.4 Å². The fourth-order valence-electron chi connectivity index (χ4n) is 3.88.